The fourth-order valence-corrected chi connectivity index (χ4v) is 6.17. The molecule has 0 bridgehead atoms. The number of imide groups is 2. The molecule has 4 aromatic carbocycles. The fourth-order valence-electron chi connectivity index (χ4n) is 6.17. The highest BCUT2D eigenvalue weighted by Gasteiger charge is 2.44. The van der Waals surface area contributed by atoms with Crippen LogP contribution in [0.25, 0.3) is 0 Å². The number of carbonyl (C=O) groups excluding carboxylic acids is 6. The number of carbonyl (C=O) groups is 6. The lowest BCUT2D eigenvalue weighted by Gasteiger charge is -2.26. The minimum Gasteiger partial charge on any atom is -0.354 e. The molecule has 4 aromatic rings. The van der Waals surface area contributed by atoms with Gasteiger partial charge in [-0.05, 0) is 48.2 Å². The van der Waals surface area contributed by atoms with E-state index < -0.39 is 47.5 Å². The quantitative estimate of drug-likeness (QED) is 0.168. The van der Waals surface area contributed by atoms with Crippen molar-refractivity contribution < 1.29 is 28.8 Å². The summed E-state index contributed by atoms with van der Waals surface area (Å²) < 4.78 is 0. The SMILES string of the molecule is O=C(NCCCCNC(=O)[C@H](Cc1ccccc1)N1C(=O)c2ccccc2C1=O)[C@@H](Cc1ccccc1)N1C(=O)c2ccccc2C1=O. The van der Waals surface area contributed by atoms with E-state index in [1.165, 1.54) is 0 Å². The Balaban J connectivity index is 1.06. The summed E-state index contributed by atoms with van der Waals surface area (Å²) in [5.41, 5.74) is 2.71. The molecule has 2 atom stereocenters. The van der Waals surface area contributed by atoms with Crippen molar-refractivity contribution in [3.8, 4) is 0 Å². The maximum absolute atomic E-state index is 13.5. The maximum atomic E-state index is 13.5. The van der Waals surface area contributed by atoms with E-state index in [1.54, 1.807) is 48.5 Å². The Hall–Kier alpha value is -5.90. The van der Waals surface area contributed by atoms with Crippen LogP contribution >= 0.6 is 0 Å². The number of nitrogens with one attached hydrogen (secondary N) is 2. The molecule has 48 heavy (non-hydrogen) atoms. The first-order valence-corrected chi connectivity index (χ1v) is 15.9. The zero-order valence-corrected chi connectivity index (χ0v) is 26.1. The maximum Gasteiger partial charge on any atom is 0.262 e. The summed E-state index contributed by atoms with van der Waals surface area (Å²) in [6.07, 6.45) is 1.30. The van der Waals surface area contributed by atoms with Crippen molar-refractivity contribution in [2.24, 2.45) is 0 Å². The van der Waals surface area contributed by atoms with E-state index in [2.05, 4.69) is 10.6 Å². The minimum absolute atomic E-state index is 0.162. The van der Waals surface area contributed by atoms with Gasteiger partial charge in [-0.2, -0.15) is 0 Å². The Morgan fingerprint density at radius 2 is 0.750 bits per heavy atom. The number of fused-ring (bicyclic) bond motifs is 2. The Kier molecular flexibility index (Phi) is 9.52. The van der Waals surface area contributed by atoms with Crippen molar-refractivity contribution in [1.82, 2.24) is 20.4 Å². The lowest BCUT2D eigenvalue weighted by atomic mass is 10.0. The Bertz CT molecular complexity index is 1670. The zero-order chi connectivity index (χ0) is 33.6. The standard InChI is InChI=1S/C38H34N4O6/c43-33(31(23-25-13-3-1-4-14-25)41-35(45)27-17-7-8-18-28(27)36(41)46)39-21-11-12-22-40-34(44)32(24-26-15-5-2-6-16-26)42-37(47)29-19-9-10-20-30(29)38(42)48/h1-10,13-20,31-32H,11-12,21-24H2,(H,39,43)(H,40,44)/t31-,32+. The van der Waals surface area contributed by atoms with Gasteiger partial charge in [0.05, 0.1) is 22.3 Å². The van der Waals surface area contributed by atoms with E-state index >= 15 is 0 Å². The third kappa shape index (κ3) is 6.50. The topological polar surface area (TPSA) is 133 Å². The van der Waals surface area contributed by atoms with Crippen LogP contribution in [0.15, 0.2) is 109 Å². The van der Waals surface area contributed by atoms with Gasteiger partial charge in [-0.1, -0.05) is 84.9 Å². The van der Waals surface area contributed by atoms with Crippen LogP contribution in [-0.4, -0.2) is 70.4 Å². The molecule has 0 spiro atoms. The van der Waals surface area contributed by atoms with Crippen LogP contribution < -0.4 is 10.6 Å². The van der Waals surface area contributed by atoms with Crippen LogP contribution in [0, 0.1) is 0 Å². The summed E-state index contributed by atoms with van der Waals surface area (Å²) in [5.74, 6) is -2.91. The third-order valence-electron chi connectivity index (χ3n) is 8.63. The Morgan fingerprint density at radius 1 is 0.458 bits per heavy atom. The first-order valence-electron chi connectivity index (χ1n) is 15.9. The molecular weight excluding hydrogens is 608 g/mol. The molecule has 0 fully saturated rings. The van der Waals surface area contributed by atoms with Crippen molar-refractivity contribution in [3.05, 3.63) is 143 Å². The highest BCUT2D eigenvalue weighted by atomic mass is 16.2. The summed E-state index contributed by atoms with van der Waals surface area (Å²) in [4.78, 5) is 82.0. The Labute approximate surface area is 277 Å². The van der Waals surface area contributed by atoms with E-state index in [4.69, 9.17) is 0 Å². The van der Waals surface area contributed by atoms with E-state index in [-0.39, 0.29) is 48.2 Å². The molecule has 0 aromatic heterocycles. The summed E-state index contributed by atoms with van der Waals surface area (Å²) in [6.45, 7) is 0.490. The van der Waals surface area contributed by atoms with Gasteiger partial charge < -0.3 is 10.6 Å². The molecule has 2 aliphatic rings. The monoisotopic (exact) mass is 642 g/mol. The van der Waals surface area contributed by atoms with Crippen molar-refractivity contribution in [2.45, 2.75) is 37.8 Å². The molecule has 6 rings (SSSR count). The highest BCUT2D eigenvalue weighted by molar-refractivity contribution is 6.23. The molecule has 6 amide bonds. The molecule has 2 aliphatic heterocycles. The second kappa shape index (κ2) is 14.3. The molecule has 2 heterocycles. The number of hydrogen-bond donors (Lipinski definition) is 2. The van der Waals surface area contributed by atoms with Gasteiger partial charge in [0, 0.05) is 25.9 Å². The molecule has 2 N–H and O–H groups in total. The lowest BCUT2D eigenvalue weighted by Crippen LogP contribution is -2.51. The van der Waals surface area contributed by atoms with E-state index in [1.807, 2.05) is 60.7 Å². The molecular formula is C38H34N4O6. The van der Waals surface area contributed by atoms with E-state index in [9.17, 15) is 28.8 Å². The first-order chi connectivity index (χ1) is 23.3. The summed E-state index contributed by atoms with van der Waals surface area (Å²) in [7, 11) is 0. The van der Waals surface area contributed by atoms with Gasteiger partial charge in [0.15, 0.2) is 0 Å². The molecule has 242 valence electrons. The number of rotatable bonds is 13. The second-order valence-corrected chi connectivity index (χ2v) is 11.8. The summed E-state index contributed by atoms with van der Waals surface area (Å²) >= 11 is 0. The predicted molar refractivity (Wildman–Crippen MR) is 177 cm³/mol. The number of nitrogens with zero attached hydrogens (tertiary/aromatic N) is 2. The van der Waals surface area contributed by atoms with Gasteiger partial charge in [-0.3, -0.25) is 38.6 Å². The number of unbranched alkanes of at least 4 members (excludes halogenated alkanes) is 1. The van der Waals surface area contributed by atoms with E-state index in [0.717, 1.165) is 20.9 Å². The second-order valence-electron chi connectivity index (χ2n) is 11.8. The predicted octanol–water partition coefficient (Wildman–Crippen LogP) is 3.81. The number of hydrogen-bond acceptors (Lipinski definition) is 6. The lowest BCUT2D eigenvalue weighted by molar-refractivity contribution is -0.125. The van der Waals surface area contributed by atoms with Gasteiger partial charge in [-0.15, -0.1) is 0 Å². The van der Waals surface area contributed by atoms with Crippen LogP contribution in [0.4, 0.5) is 0 Å². The van der Waals surface area contributed by atoms with Gasteiger partial charge in [-0.25, -0.2) is 0 Å². The van der Waals surface area contributed by atoms with Gasteiger partial charge in [0.25, 0.3) is 23.6 Å². The molecule has 0 saturated heterocycles. The van der Waals surface area contributed by atoms with Gasteiger partial charge >= 0.3 is 0 Å². The van der Waals surface area contributed by atoms with Crippen LogP contribution in [0.2, 0.25) is 0 Å². The largest absolute Gasteiger partial charge is 0.354 e. The van der Waals surface area contributed by atoms with Crippen LogP contribution in [-0.2, 0) is 22.4 Å². The fraction of sp³-hybridized carbons (Fsp3) is 0.211. The average molecular weight is 643 g/mol. The molecule has 0 saturated carbocycles. The Morgan fingerprint density at radius 3 is 1.06 bits per heavy atom. The molecule has 10 heteroatoms. The molecule has 0 radical (unpaired) electrons. The normalized spacial score (nSPS) is 14.8. The minimum atomic E-state index is -1.04. The molecule has 0 aliphatic carbocycles. The molecule has 0 unspecified atom stereocenters. The van der Waals surface area contributed by atoms with Gasteiger partial charge in [0.1, 0.15) is 12.1 Å². The first kappa shape index (κ1) is 32.1. The van der Waals surface area contributed by atoms with Crippen LogP contribution in [0.5, 0.6) is 0 Å². The zero-order valence-electron chi connectivity index (χ0n) is 26.1. The highest BCUT2D eigenvalue weighted by Crippen LogP contribution is 2.27. The average Bonchev–Trinajstić information content (AvgIpc) is 3.52. The van der Waals surface area contributed by atoms with Crippen molar-refractivity contribution in [2.75, 3.05) is 13.1 Å². The van der Waals surface area contributed by atoms with Crippen molar-refractivity contribution in [1.29, 1.82) is 0 Å². The van der Waals surface area contributed by atoms with Gasteiger partial charge in [0.2, 0.25) is 11.8 Å². The molecule has 10 nitrogen and oxygen atoms in total. The number of amides is 6. The smallest absolute Gasteiger partial charge is 0.262 e. The van der Waals surface area contributed by atoms with Crippen LogP contribution in [0.3, 0.4) is 0 Å². The summed E-state index contributed by atoms with van der Waals surface area (Å²) in [5, 5.41) is 5.73. The summed E-state index contributed by atoms with van der Waals surface area (Å²) in [6, 6.07) is 29.4. The van der Waals surface area contributed by atoms with Crippen LogP contribution in [0.1, 0.15) is 65.4 Å². The number of benzene rings is 4. The van der Waals surface area contributed by atoms with E-state index in [0.29, 0.717) is 12.8 Å². The van der Waals surface area contributed by atoms with Crippen molar-refractivity contribution >= 4 is 35.4 Å². The third-order valence-corrected chi connectivity index (χ3v) is 8.63. The van der Waals surface area contributed by atoms with Crippen molar-refractivity contribution in [3.63, 3.8) is 0 Å².